The van der Waals surface area contributed by atoms with Crippen molar-refractivity contribution in [1.82, 2.24) is 35.0 Å². The molecule has 0 spiro atoms. The van der Waals surface area contributed by atoms with Crippen molar-refractivity contribution in [3.63, 3.8) is 0 Å². The van der Waals surface area contributed by atoms with E-state index in [1.807, 2.05) is 6.07 Å². The Morgan fingerprint density at radius 2 is 1.90 bits per heavy atom. The van der Waals surface area contributed by atoms with Gasteiger partial charge in [-0.15, -0.1) is 20.4 Å². The first kappa shape index (κ1) is 28.3. The van der Waals surface area contributed by atoms with Crippen molar-refractivity contribution in [3.8, 4) is 17.2 Å². The zero-order valence-corrected chi connectivity index (χ0v) is 23.0. The molecule has 216 valence electrons. The number of benzene rings is 2. The van der Waals surface area contributed by atoms with Crippen molar-refractivity contribution in [1.29, 1.82) is 0 Å². The van der Waals surface area contributed by atoms with Gasteiger partial charge in [-0.05, 0) is 48.4 Å². The minimum atomic E-state index is -4.79. The summed E-state index contributed by atoms with van der Waals surface area (Å²) in [5, 5.41) is 20.1. The predicted octanol–water partition coefficient (Wildman–Crippen LogP) is 4.37. The molecule has 4 aromatic rings. The molecule has 3 heterocycles. The van der Waals surface area contributed by atoms with Gasteiger partial charge < -0.3 is 14.2 Å². The lowest BCUT2D eigenvalue weighted by molar-refractivity contribution is -0.146. The molecule has 41 heavy (non-hydrogen) atoms. The Morgan fingerprint density at radius 1 is 1.10 bits per heavy atom. The first-order chi connectivity index (χ1) is 19.6. The van der Waals surface area contributed by atoms with Crippen LogP contribution in [0.1, 0.15) is 53.8 Å². The summed E-state index contributed by atoms with van der Waals surface area (Å²) in [7, 11) is 3.00. The summed E-state index contributed by atoms with van der Waals surface area (Å²) < 4.78 is 59.8. The summed E-state index contributed by atoms with van der Waals surface area (Å²) in [4.78, 5) is 13.1. The van der Waals surface area contributed by atoms with Crippen LogP contribution in [0.15, 0.2) is 36.4 Å². The number of methoxy groups -OCH3 is 2. The fraction of sp³-hybridized carbons (Fsp3) is 0.385. The summed E-state index contributed by atoms with van der Waals surface area (Å²) in [5.41, 5.74) is 1.43. The number of esters is 1. The molecule has 0 saturated carbocycles. The van der Waals surface area contributed by atoms with E-state index in [0.29, 0.717) is 27.6 Å². The average molecular weight is 592 g/mol. The predicted molar refractivity (Wildman–Crippen MR) is 138 cm³/mol. The van der Waals surface area contributed by atoms with Gasteiger partial charge in [0.05, 0.1) is 33.1 Å². The summed E-state index contributed by atoms with van der Waals surface area (Å²) in [6, 6.07) is 10.0. The lowest BCUT2D eigenvalue weighted by Gasteiger charge is -2.24. The smallest absolute Gasteiger partial charge is 0.452 e. The zero-order chi connectivity index (χ0) is 29.3. The van der Waals surface area contributed by atoms with Crippen molar-refractivity contribution in [3.05, 3.63) is 70.0 Å². The number of ether oxygens (including phenoxy) is 3. The van der Waals surface area contributed by atoms with Crippen molar-refractivity contribution in [2.24, 2.45) is 0 Å². The summed E-state index contributed by atoms with van der Waals surface area (Å²) in [6.45, 7) is 1.88. The van der Waals surface area contributed by atoms with Gasteiger partial charge in [0, 0.05) is 22.4 Å². The standard InChI is InChI=1S/C26H25ClF3N7O4/c1-4-41-22(38)12-21-31-35-36(34-21)13-14-10-17(16-6-5-7-20(39-2)23(16)40-3)18-11-15(27)8-9-19(18)37-24(14)32-33-25(37)26(28,29)30/h5-9,11,14,17H,4,10,12-13H2,1-3H3. The lowest BCUT2D eigenvalue weighted by Crippen LogP contribution is -2.19. The summed E-state index contributed by atoms with van der Waals surface area (Å²) in [6.07, 6.45) is -4.74. The number of para-hydroxylation sites is 1. The third-order valence-electron chi connectivity index (χ3n) is 6.73. The maximum Gasteiger partial charge on any atom is 0.452 e. The van der Waals surface area contributed by atoms with Crippen LogP contribution in [-0.4, -0.2) is 61.8 Å². The molecule has 15 heteroatoms. The van der Waals surface area contributed by atoms with E-state index in [1.165, 1.54) is 31.1 Å². The number of alkyl halides is 3. The zero-order valence-electron chi connectivity index (χ0n) is 22.2. The maximum absolute atomic E-state index is 14.2. The monoisotopic (exact) mass is 591 g/mol. The van der Waals surface area contributed by atoms with E-state index in [9.17, 15) is 18.0 Å². The molecule has 2 aromatic carbocycles. The third kappa shape index (κ3) is 5.56. The molecule has 2 aromatic heterocycles. The van der Waals surface area contributed by atoms with Crippen LogP contribution in [0.25, 0.3) is 5.69 Å². The molecule has 1 aliphatic heterocycles. The molecule has 0 saturated heterocycles. The molecular formula is C26H25ClF3N7O4. The van der Waals surface area contributed by atoms with Crippen LogP contribution in [0.3, 0.4) is 0 Å². The molecule has 2 unspecified atom stereocenters. The third-order valence-corrected chi connectivity index (χ3v) is 6.96. The Hall–Kier alpha value is -4.20. The fourth-order valence-electron chi connectivity index (χ4n) is 5.11. The van der Waals surface area contributed by atoms with E-state index < -0.39 is 29.8 Å². The molecule has 2 atom stereocenters. The van der Waals surface area contributed by atoms with Crippen LogP contribution >= 0.6 is 11.6 Å². The summed E-state index contributed by atoms with van der Waals surface area (Å²) >= 11 is 6.39. The number of rotatable bonds is 8. The number of hydrogen-bond donors (Lipinski definition) is 0. The quantitative estimate of drug-likeness (QED) is 0.275. The number of carbonyl (C=O) groups is 1. The molecule has 11 nitrogen and oxygen atoms in total. The van der Waals surface area contributed by atoms with Crippen molar-refractivity contribution in [2.75, 3.05) is 20.8 Å². The van der Waals surface area contributed by atoms with Gasteiger partial charge >= 0.3 is 12.1 Å². The second-order valence-corrected chi connectivity index (χ2v) is 9.66. The second kappa shape index (κ2) is 11.4. The molecule has 0 aliphatic carbocycles. The Balaban J connectivity index is 1.66. The SMILES string of the molecule is CCOC(=O)Cc1nnn(CC2CC(c3cccc(OC)c3OC)c3cc(Cl)ccc3-n3c2nnc3C(F)(F)F)n1. The number of aromatic nitrogens is 7. The molecule has 0 radical (unpaired) electrons. The summed E-state index contributed by atoms with van der Waals surface area (Å²) in [5.74, 6) is -1.80. The van der Waals surface area contributed by atoms with Crippen LogP contribution in [0.5, 0.6) is 11.5 Å². The van der Waals surface area contributed by atoms with E-state index in [4.69, 9.17) is 25.8 Å². The van der Waals surface area contributed by atoms with Crippen LogP contribution < -0.4 is 9.47 Å². The Bertz CT molecular complexity index is 1570. The van der Waals surface area contributed by atoms with Crippen molar-refractivity contribution < 1.29 is 32.2 Å². The normalized spacial score (nSPS) is 16.5. The highest BCUT2D eigenvalue weighted by Crippen LogP contribution is 2.48. The van der Waals surface area contributed by atoms with E-state index >= 15 is 0 Å². The van der Waals surface area contributed by atoms with Gasteiger partial charge in [0.2, 0.25) is 5.82 Å². The molecule has 0 fully saturated rings. The van der Waals surface area contributed by atoms with Gasteiger partial charge in [-0.2, -0.15) is 18.0 Å². The molecule has 5 rings (SSSR count). The topological polar surface area (TPSA) is 119 Å². The fourth-order valence-corrected chi connectivity index (χ4v) is 5.29. The highest BCUT2D eigenvalue weighted by molar-refractivity contribution is 6.30. The van der Waals surface area contributed by atoms with Crippen LogP contribution in [0.2, 0.25) is 5.02 Å². The highest BCUT2D eigenvalue weighted by Gasteiger charge is 2.43. The number of carbonyl (C=O) groups excluding carboxylic acids is 1. The molecule has 0 amide bonds. The first-order valence-corrected chi connectivity index (χ1v) is 13.0. The minimum Gasteiger partial charge on any atom is -0.493 e. The van der Waals surface area contributed by atoms with Crippen molar-refractivity contribution in [2.45, 2.75) is 44.3 Å². The number of hydrogen-bond acceptors (Lipinski definition) is 9. The average Bonchev–Trinajstić information content (AvgIpc) is 3.55. The van der Waals surface area contributed by atoms with E-state index in [2.05, 4.69) is 25.6 Å². The van der Waals surface area contributed by atoms with Gasteiger partial charge in [0.1, 0.15) is 12.2 Å². The molecule has 0 bridgehead atoms. The van der Waals surface area contributed by atoms with Crippen LogP contribution in [0, 0.1) is 0 Å². The van der Waals surface area contributed by atoms with Crippen LogP contribution in [0.4, 0.5) is 13.2 Å². The van der Waals surface area contributed by atoms with E-state index in [0.717, 1.165) is 4.57 Å². The van der Waals surface area contributed by atoms with Crippen LogP contribution in [-0.2, 0) is 28.7 Å². The minimum absolute atomic E-state index is 0.00365. The number of nitrogens with zero attached hydrogens (tertiary/aromatic N) is 7. The number of halogens is 4. The Labute approximate surface area is 237 Å². The lowest BCUT2D eigenvalue weighted by atomic mass is 9.83. The van der Waals surface area contributed by atoms with Crippen molar-refractivity contribution >= 4 is 17.6 Å². The van der Waals surface area contributed by atoms with Gasteiger partial charge in [0.15, 0.2) is 17.3 Å². The van der Waals surface area contributed by atoms with Gasteiger partial charge in [-0.25, -0.2) is 0 Å². The maximum atomic E-state index is 14.2. The second-order valence-electron chi connectivity index (χ2n) is 9.23. The number of tetrazole rings is 1. The number of fused-ring (bicyclic) bond motifs is 3. The Morgan fingerprint density at radius 3 is 2.61 bits per heavy atom. The first-order valence-electron chi connectivity index (χ1n) is 12.6. The van der Waals surface area contributed by atoms with Gasteiger partial charge in [-0.1, -0.05) is 23.7 Å². The highest BCUT2D eigenvalue weighted by atomic mass is 35.5. The van der Waals surface area contributed by atoms with E-state index in [-0.39, 0.29) is 43.3 Å². The molecule has 0 N–H and O–H groups in total. The molecular weight excluding hydrogens is 567 g/mol. The Kier molecular flexibility index (Phi) is 7.84. The largest absolute Gasteiger partial charge is 0.493 e. The molecule has 1 aliphatic rings. The van der Waals surface area contributed by atoms with E-state index in [1.54, 1.807) is 25.1 Å². The van der Waals surface area contributed by atoms with Gasteiger partial charge in [-0.3, -0.25) is 9.36 Å². The van der Waals surface area contributed by atoms with Gasteiger partial charge in [0.25, 0.3) is 0 Å².